The van der Waals surface area contributed by atoms with Crippen molar-refractivity contribution in [3.8, 4) is 0 Å². The van der Waals surface area contributed by atoms with Gasteiger partial charge >= 0.3 is 0 Å². The highest BCUT2D eigenvalue weighted by molar-refractivity contribution is 4.82. The average Bonchev–Trinajstić information content (AvgIpc) is 3.16. The second-order valence-electron chi connectivity index (χ2n) is 16.3. The van der Waals surface area contributed by atoms with Gasteiger partial charge in [-0.15, -0.1) is 0 Å². The van der Waals surface area contributed by atoms with Gasteiger partial charge in [0, 0.05) is 0 Å². The van der Waals surface area contributed by atoms with E-state index in [1.165, 1.54) is 245 Å². The smallest absolute Gasteiger partial charge is 0.000672 e. The summed E-state index contributed by atoms with van der Waals surface area (Å²) in [5, 5.41) is 0. The summed E-state index contributed by atoms with van der Waals surface area (Å²) in [6.07, 6.45) is 56.2. The van der Waals surface area contributed by atoms with Gasteiger partial charge in [0.25, 0.3) is 0 Å². The highest BCUT2D eigenvalue weighted by Crippen LogP contribution is 2.13. The summed E-state index contributed by atoms with van der Waals surface area (Å²) in [5.74, 6) is 0. The van der Waals surface area contributed by atoms with Crippen molar-refractivity contribution in [1.82, 2.24) is 9.80 Å². The van der Waals surface area contributed by atoms with Gasteiger partial charge in [0.1, 0.15) is 0 Å². The van der Waals surface area contributed by atoms with Crippen LogP contribution in [0.1, 0.15) is 232 Å². The molecule has 0 unspecified atom stereocenters. The first-order valence-corrected chi connectivity index (χ1v) is 23.9. The van der Waals surface area contributed by atoms with E-state index in [9.17, 15) is 0 Å². The van der Waals surface area contributed by atoms with Crippen molar-refractivity contribution in [2.75, 3.05) is 52.4 Å². The number of unbranched alkanes of at least 4 members (excludes halogenated alkanes) is 27. The molecule has 0 aromatic heterocycles. The SMILES string of the molecule is CCCCCCCCC/C=C\CCCCCCCCN(CCCN)CCCCN(CCCN)CCCCCCCC/C=C\CCCCCCCCC. The minimum atomic E-state index is 0.813. The number of nitrogens with two attached hydrogens (primary N) is 2. The fourth-order valence-electron chi connectivity index (χ4n) is 7.49. The molecule has 0 radical (unpaired) electrons. The summed E-state index contributed by atoms with van der Waals surface area (Å²) in [5.41, 5.74) is 11.8. The molecule has 0 aliphatic rings. The Labute approximate surface area is 329 Å². The molecule has 52 heavy (non-hydrogen) atoms. The van der Waals surface area contributed by atoms with Crippen LogP contribution in [0, 0.1) is 0 Å². The van der Waals surface area contributed by atoms with E-state index in [1.54, 1.807) is 0 Å². The molecule has 0 spiro atoms. The van der Waals surface area contributed by atoms with Gasteiger partial charge in [-0.2, -0.15) is 0 Å². The van der Waals surface area contributed by atoms with Crippen molar-refractivity contribution < 1.29 is 0 Å². The molecule has 0 bridgehead atoms. The first-order chi connectivity index (χ1) is 25.8. The van der Waals surface area contributed by atoms with E-state index in [0.717, 1.165) is 25.9 Å². The Morgan fingerprint density at radius 3 is 0.750 bits per heavy atom. The lowest BCUT2D eigenvalue weighted by Crippen LogP contribution is -2.31. The number of rotatable bonds is 45. The molecular formula is C48H98N4. The van der Waals surface area contributed by atoms with Gasteiger partial charge in [0.15, 0.2) is 0 Å². The molecule has 0 aliphatic heterocycles. The largest absolute Gasteiger partial charge is 0.330 e. The molecule has 0 heterocycles. The van der Waals surface area contributed by atoms with E-state index in [1.807, 2.05) is 0 Å². The van der Waals surface area contributed by atoms with Crippen LogP contribution in [0.2, 0.25) is 0 Å². The van der Waals surface area contributed by atoms with Gasteiger partial charge in [-0.25, -0.2) is 0 Å². The van der Waals surface area contributed by atoms with E-state index in [4.69, 9.17) is 11.5 Å². The van der Waals surface area contributed by atoms with Crippen molar-refractivity contribution in [3.63, 3.8) is 0 Å². The zero-order chi connectivity index (χ0) is 37.7. The summed E-state index contributed by atoms with van der Waals surface area (Å²) in [6, 6.07) is 0. The summed E-state index contributed by atoms with van der Waals surface area (Å²) in [4.78, 5) is 5.42. The average molecular weight is 731 g/mol. The van der Waals surface area contributed by atoms with Crippen LogP contribution in [0.4, 0.5) is 0 Å². The maximum atomic E-state index is 5.90. The van der Waals surface area contributed by atoms with Crippen molar-refractivity contribution in [3.05, 3.63) is 24.3 Å². The number of nitrogens with zero attached hydrogens (tertiary/aromatic N) is 2. The third-order valence-corrected chi connectivity index (χ3v) is 11.0. The number of hydrogen-bond donors (Lipinski definition) is 2. The molecule has 0 saturated heterocycles. The number of hydrogen-bond acceptors (Lipinski definition) is 4. The molecule has 4 N–H and O–H groups in total. The van der Waals surface area contributed by atoms with Crippen LogP contribution in [-0.2, 0) is 0 Å². The molecule has 0 fully saturated rings. The number of allylic oxidation sites excluding steroid dienone is 4. The summed E-state index contributed by atoms with van der Waals surface area (Å²) < 4.78 is 0. The van der Waals surface area contributed by atoms with Crippen LogP contribution >= 0.6 is 0 Å². The zero-order valence-electron chi connectivity index (χ0n) is 36.1. The summed E-state index contributed by atoms with van der Waals surface area (Å²) in [7, 11) is 0. The summed E-state index contributed by atoms with van der Waals surface area (Å²) >= 11 is 0. The molecule has 0 aromatic carbocycles. The fourth-order valence-corrected chi connectivity index (χ4v) is 7.49. The first-order valence-electron chi connectivity index (χ1n) is 23.9. The van der Waals surface area contributed by atoms with Crippen molar-refractivity contribution in [2.24, 2.45) is 11.5 Å². The Bertz CT molecular complexity index is 634. The van der Waals surface area contributed by atoms with Crippen molar-refractivity contribution in [1.29, 1.82) is 0 Å². The minimum absolute atomic E-state index is 0.813. The highest BCUT2D eigenvalue weighted by atomic mass is 15.1. The van der Waals surface area contributed by atoms with Gasteiger partial charge < -0.3 is 21.3 Å². The lowest BCUT2D eigenvalue weighted by molar-refractivity contribution is 0.233. The predicted molar refractivity (Wildman–Crippen MR) is 238 cm³/mol. The van der Waals surface area contributed by atoms with Crippen LogP contribution in [0.25, 0.3) is 0 Å². The Balaban J connectivity index is 3.86. The maximum absolute atomic E-state index is 5.90. The van der Waals surface area contributed by atoms with Gasteiger partial charge in [0.05, 0.1) is 0 Å². The topological polar surface area (TPSA) is 58.5 Å². The lowest BCUT2D eigenvalue weighted by Gasteiger charge is -2.24. The molecule has 0 aromatic rings. The molecular weight excluding hydrogens is 633 g/mol. The first kappa shape index (κ1) is 51.3. The Kier molecular flexibility index (Phi) is 45.9. The van der Waals surface area contributed by atoms with E-state index in [-0.39, 0.29) is 0 Å². The molecule has 0 atom stereocenters. The van der Waals surface area contributed by atoms with Crippen LogP contribution < -0.4 is 11.5 Å². The normalized spacial score (nSPS) is 12.2. The quantitative estimate of drug-likeness (QED) is 0.0484. The van der Waals surface area contributed by atoms with Crippen LogP contribution in [-0.4, -0.2) is 62.2 Å². The molecule has 0 aliphatic carbocycles. The van der Waals surface area contributed by atoms with Gasteiger partial charge in [0.2, 0.25) is 0 Å². The molecule has 0 saturated carbocycles. The van der Waals surface area contributed by atoms with Crippen molar-refractivity contribution >= 4 is 0 Å². The monoisotopic (exact) mass is 731 g/mol. The third-order valence-electron chi connectivity index (χ3n) is 11.0. The Morgan fingerprint density at radius 2 is 0.481 bits per heavy atom. The summed E-state index contributed by atoms with van der Waals surface area (Å²) in [6.45, 7) is 13.6. The molecule has 0 amide bonds. The van der Waals surface area contributed by atoms with E-state index in [0.29, 0.717) is 0 Å². The Hall–Kier alpha value is -0.680. The van der Waals surface area contributed by atoms with E-state index in [2.05, 4.69) is 48.0 Å². The molecule has 4 heteroatoms. The predicted octanol–water partition coefficient (Wildman–Crippen LogP) is 13.9. The second-order valence-corrected chi connectivity index (χ2v) is 16.3. The fraction of sp³-hybridized carbons (Fsp3) is 0.917. The van der Waals surface area contributed by atoms with Gasteiger partial charge in [-0.05, 0) is 142 Å². The highest BCUT2D eigenvalue weighted by Gasteiger charge is 2.08. The van der Waals surface area contributed by atoms with Gasteiger partial charge in [-0.3, -0.25) is 0 Å². The standard InChI is InChI=1S/C48H98N4/c1-3-5-7-9-11-13-15-17-19-21-23-25-27-29-31-33-35-43-51(47-39-41-49)45-37-38-46-52(48-40-42-50)44-36-34-32-30-28-26-24-22-20-18-16-14-12-10-8-6-4-2/h19-22H,3-18,23-50H2,1-2H3/b21-19-,22-20-. The van der Waals surface area contributed by atoms with E-state index < -0.39 is 0 Å². The minimum Gasteiger partial charge on any atom is -0.330 e. The molecule has 310 valence electrons. The Morgan fingerprint density at radius 1 is 0.269 bits per heavy atom. The lowest BCUT2D eigenvalue weighted by atomic mass is 10.1. The molecule has 4 nitrogen and oxygen atoms in total. The van der Waals surface area contributed by atoms with E-state index >= 15 is 0 Å². The van der Waals surface area contributed by atoms with Crippen LogP contribution in [0.3, 0.4) is 0 Å². The third kappa shape index (κ3) is 42.1. The molecule has 0 rings (SSSR count). The zero-order valence-corrected chi connectivity index (χ0v) is 36.1. The van der Waals surface area contributed by atoms with Crippen LogP contribution in [0.15, 0.2) is 24.3 Å². The van der Waals surface area contributed by atoms with Crippen molar-refractivity contribution in [2.45, 2.75) is 232 Å². The second kappa shape index (κ2) is 46.5. The van der Waals surface area contributed by atoms with Crippen LogP contribution in [0.5, 0.6) is 0 Å². The van der Waals surface area contributed by atoms with Gasteiger partial charge in [-0.1, -0.05) is 167 Å². The maximum Gasteiger partial charge on any atom is -0.000672 e.